The van der Waals surface area contributed by atoms with Gasteiger partial charge in [0.25, 0.3) is 0 Å². The lowest BCUT2D eigenvalue weighted by atomic mass is 9.92. The molecular weight excluding hydrogens is 390 g/mol. The molecule has 0 aliphatic rings. The van der Waals surface area contributed by atoms with Gasteiger partial charge in [0.05, 0.1) is 6.61 Å². The summed E-state index contributed by atoms with van der Waals surface area (Å²) >= 11 is 0. The van der Waals surface area contributed by atoms with E-state index in [0.29, 0.717) is 12.8 Å². The summed E-state index contributed by atoms with van der Waals surface area (Å²) in [6, 6.07) is 16.4. The smallest absolute Gasteiger partial charge is 0.408 e. The van der Waals surface area contributed by atoms with Gasteiger partial charge in [-0.3, -0.25) is 0 Å². The van der Waals surface area contributed by atoms with Gasteiger partial charge in [0.1, 0.15) is 11.1 Å². The minimum absolute atomic E-state index is 0.240. The van der Waals surface area contributed by atoms with Crippen molar-refractivity contribution in [3.05, 3.63) is 66.2 Å². The lowest BCUT2D eigenvalue weighted by Gasteiger charge is -2.30. The highest BCUT2D eigenvalue weighted by molar-refractivity contribution is 5.85. The number of nitrogens with one attached hydrogen (secondary N) is 1. The van der Waals surface area contributed by atoms with Crippen LogP contribution in [0.3, 0.4) is 0 Å². The SMILES string of the molecule is C=Cc1ccc(-c2ccc(CCC(C)(NC(=O)OC(C)(C)C)C(=O)OCC)cc2)cc1. The van der Waals surface area contributed by atoms with Gasteiger partial charge < -0.3 is 14.8 Å². The van der Waals surface area contributed by atoms with Crippen LogP contribution in [0.15, 0.2) is 55.1 Å². The third-order valence-electron chi connectivity index (χ3n) is 4.85. The second-order valence-electron chi connectivity index (χ2n) is 8.70. The van der Waals surface area contributed by atoms with Crippen molar-refractivity contribution in [2.45, 2.75) is 58.6 Å². The first-order chi connectivity index (χ1) is 14.6. The molecule has 31 heavy (non-hydrogen) atoms. The number of alkyl carbamates (subject to hydrolysis) is 1. The van der Waals surface area contributed by atoms with Crippen molar-refractivity contribution < 1.29 is 19.1 Å². The first-order valence-corrected chi connectivity index (χ1v) is 10.6. The quantitative estimate of drug-likeness (QED) is 0.547. The molecule has 0 aliphatic heterocycles. The van der Waals surface area contributed by atoms with Crippen LogP contribution in [-0.4, -0.2) is 29.8 Å². The van der Waals surface area contributed by atoms with Crippen LogP contribution in [0.2, 0.25) is 0 Å². The zero-order chi connectivity index (χ0) is 23.1. The Morgan fingerprint density at radius 3 is 2.00 bits per heavy atom. The highest BCUT2D eigenvalue weighted by Gasteiger charge is 2.37. The molecule has 0 saturated heterocycles. The molecule has 5 heteroatoms. The normalized spacial score (nSPS) is 13.1. The average molecular weight is 424 g/mol. The molecule has 1 unspecified atom stereocenters. The number of amides is 1. The van der Waals surface area contributed by atoms with E-state index in [9.17, 15) is 9.59 Å². The van der Waals surface area contributed by atoms with Crippen LogP contribution in [0.1, 0.15) is 52.2 Å². The van der Waals surface area contributed by atoms with E-state index in [1.807, 2.05) is 30.3 Å². The Bertz CT molecular complexity index is 894. The molecule has 1 atom stereocenters. The number of hydrogen-bond acceptors (Lipinski definition) is 4. The van der Waals surface area contributed by atoms with Crippen LogP contribution in [0.4, 0.5) is 4.79 Å². The van der Waals surface area contributed by atoms with Gasteiger partial charge in [-0.15, -0.1) is 0 Å². The van der Waals surface area contributed by atoms with Crippen molar-refractivity contribution in [2.24, 2.45) is 0 Å². The van der Waals surface area contributed by atoms with Crippen LogP contribution < -0.4 is 5.32 Å². The molecule has 1 N–H and O–H groups in total. The van der Waals surface area contributed by atoms with Gasteiger partial charge in [-0.1, -0.05) is 61.2 Å². The zero-order valence-electron chi connectivity index (χ0n) is 19.2. The molecule has 0 saturated carbocycles. The summed E-state index contributed by atoms with van der Waals surface area (Å²) < 4.78 is 10.5. The fourth-order valence-corrected chi connectivity index (χ4v) is 3.10. The van der Waals surface area contributed by atoms with Crippen molar-refractivity contribution >= 4 is 18.1 Å². The summed E-state index contributed by atoms with van der Waals surface area (Å²) in [6.07, 6.45) is 2.17. The van der Waals surface area contributed by atoms with Crippen molar-refractivity contribution in [3.8, 4) is 11.1 Å². The third-order valence-corrected chi connectivity index (χ3v) is 4.85. The molecule has 5 nitrogen and oxygen atoms in total. The zero-order valence-corrected chi connectivity index (χ0v) is 19.2. The first-order valence-electron chi connectivity index (χ1n) is 10.6. The number of benzene rings is 2. The third kappa shape index (κ3) is 7.28. The van der Waals surface area contributed by atoms with Gasteiger partial charge >= 0.3 is 12.1 Å². The molecule has 0 fully saturated rings. The van der Waals surface area contributed by atoms with E-state index in [1.54, 1.807) is 34.6 Å². The molecule has 0 bridgehead atoms. The Labute approximate surface area is 185 Å². The maximum absolute atomic E-state index is 12.6. The van der Waals surface area contributed by atoms with E-state index < -0.39 is 23.2 Å². The molecule has 2 rings (SSSR count). The second kappa shape index (κ2) is 10.3. The van der Waals surface area contributed by atoms with Gasteiger partial charge in [0.2, 0.25) is 0 Å². The van der Waals surface area contributed by atoms with Crippen molar-refractivity contribution in [2.75, 3.05) is 6.61 Å². The van der Waals surface area contributed by atoms with Crippen molar-refractivity contribution in [1.29, 1.82) is 0 Å². The fourth-order valence-electron chi connectivity index (χ4n) is 3.10. The van der Waals surface area contributed by atoms with Gasteiger partial charge in [0.15, 0.2) is 0 Å². The number of rotatable bonds is 8. The van der Waals surface area contributed by atoms with E-state index in [4.69, 9.17) is 9.47 Å². The number of hydrogen-bond donors (Lipinski definition) is 1. The molecule has 2 aromatic carbocycles. The molecule has 0 radical (unpaired) electrons. The van der Waals surface area contributed by atoms with E-state index >= 15 is 0 Å². The minimum atomic E-state index is -1.18. The van der Waals surface area contributed by atoms with Gasteiger partial charge in [-0.05, 0) is 69.7 Å². The molecule has 0 aromatic heterocycles. The summed E-state index contributed by atoms with van der Waals surface area (Å²) in [5, 5.41) is 2.71. The summed E-state index contributed by atoms with van der Waals surface area (Å²) in [6.45, 7) is 12.8. The highest BCUT2D eigenvalue weighted by atomic mass is 16.6. The Balaban J connectivity index is 2.09. The van der Waals surface area contributed by atoms with Gasteiger partial charge in [-0.25, -0.2) is 9.59 Å². The minimum Gasteiger partial charge on any atom is -0.464 e. The van der Waals surface area contributed by atoms with Crippen molar-refractivity contribution in [3.63, 3.8) is 0 Å². The largest absolute Gasteiger partial charge is 0.464 e. The summed E-state index contributed by atoms with van der Waals surface area (Å²) in [7, 11) is 0. The fraction of sp³-hybridized carbons (Fsp3) is 0.385. The van der Waals surface area contributed by atoms with Crippen LogP contribution in [0.5, 0.6) is 0 Å². The summed E-state index contributed by atoms with van der Waals surface area (Å²) in [4.78, 5) is 24.9. The Kier molecular flexibility index (Phi) is 8.03. The van der Waals surface area contributed by atoms with E-state index in [-0.39, 0.29) is 6.61 Å². The summed E-state index contributed by atoms with van der Waals surface area (Å²) in [5.41, 5.74) is 2.54. The lowest BCUT2D eigenvalue weighted by molar-refractivity contribution is -0.150. The Morgan fingerprint density at radius 2 is 1.52 bits per heavy atom. The molecule has 2 aromatic rings. The molecule has 0 heterocycles. The number of esters is 1. The maximum atomic E-state index is 12.6. The second-order valence-corrected chi connectivity index (χ2v) is 8.70. The van der Waals surface area contributed by atoms with Gasteiger partial charge in [-0.2, -0.15) is 0 Å². The highest BCUT2D eigenvalue weighted by Crippen LogP contribution is 2.23. The van der Waals surface area contributed by atoms with Crippen molar-refractivity contribution in [1.82, 2.24) is 5.32 Å². The average Bonchev–Trinajstić information content (AvgIpc) is 2.71. The molecule has 1 amide bonds. The molecule has 166 valence electrons. The Hall–Kier alpha value is -3.08. The number of carbonyl (C=O) groups is 2. The number of carbonyl (C=O) groups excluding carboxylic acids is 2. The predicted octanol–water partition coefficient (Wildman–Crippen LogP) is 5.78. The van der Waals surface area contributed by atoms with Crippen LogP contribution >= 0.6 is 0 Å². The Morgan fingerprint density at radius 1 is 0.968 bits per heavy atom. The molecule has 0 aliphatic carbocycles. The number of ether oxygens (including phenoxy) is 2. The maximum Gasteiger partial charge on any atom is 0.408 e. The lowest BCUT2D eigenvalue weighted by Crippen LogP contribution is -2.54. The van der Waals surface area contributed by atoms with Crippen LogP contribution in [-0.2, 0) is 20.7 Å². The van der Waals surface area contributed by atoms with Crippen LogP contribution in [0.25, 0.3) is 17.2 Å². The number of aryl methyl sites for hydroxylation is 1. The van der Waals surface area contributed by atoms with E-state index in [2.05, 4.69) is 36.2 Å². The topological polar surface area (TPSA) is 64.6 Å². The van der Waals surface area contributed by atoms with E-state index in [1.165, 1.54) is 0 Å². The summed E-state index contributed by atoms with van der Waals surface area (Å²) in [5.74, 6) is -0.472. The molecular formula is C26H33NO4. The standard InChI is InChI=1S/C26H33NO4/c1-7-19-9-13-21(14-10-19)22-15-11-20(12-16-22)17-18-26(6,23(28)30-8-2)27-24(29)31-25(3,4)5/h7,9-16H,1,8,17-18H2,2-6H3,(H,27,29). The van der Waals surface area contributed by atoms with E-state index in [0.717, 1.165) is 22.3 Å². The van der Waals surface area contributed by atoms with Gasteiger partial charge in [0, 0.05) is 0 Å². The van der Waals surface area contributed by atoms with Crippen LogP contribution in [0, 0.1) is 0 Å². The molecule has 0 spiro atoms. The monoisotopic (exact) mass is 423 g/mol. The predicted molar refractivity (Wildman–Crippen MR) is 125 cm³/mol. The first kappa shape index (κ1) is 24.2.